The molecular formula is C19H16BrNO. The number of nitrogens with zero attached hydrogens (tertiary/aromatic N) is 1. The normalized spacial score (nSPS) is 11.2. The summed E-state index contributed by atoms with van der Waals surface area (Å²) in [5.74, 6) is 1.57. The quantitative estimate of drug-likeness (QED) is 0.524. The zero-order chi connectivity index (χ0) is 15.5. The third-order valence-electron chi connectivity index (χ3n) is 3.60. The van der Waals surface area contributed by atoms with E-state index in [0.717, 1.165) is 27.2 Å². The Morgan fingerprint density at radius 3 is 2.55 bits per heavy atom. The molecule has 0 unspecified atom stereocenters. The predicted molar refractivity (Wildman–Crippen MR) is 95.0 cm³/mol. The van der Waals surface area contributed by atoms with Crippen LogP contribution in [0.4, 0.5) is 5.69 Å². The van der Waals surface area contributed by atoms with Gasteiger partial charge in [0.25, 0.3) is 0 Å². The smallest absolute Gasteiger partial charge is 0.145 e. The minimum atomic E-state index is 0.740. The molecule has 0 amide bonds. The Morgan fingerprint density at radius 1 is 0.955 bits per heavy atom. The van der Waals surface area contributed by atoms with Gasteiger partial charge in [0, 0.05) is 10.0 Å². The fourth-order valence-corrected chi connectivity index (χ4v) is 2.65. The molecular weight excluding hydrogens is 338 g/mol. The van der Waals surface area contributed by atoms with E-state index in [1.165, 1.54) is 11.1 Å². The first-order valence-electron chi connectivity index (χ1n) is 7.09. The summed E-state index contributed by atoms with van der Waals surface area (Å²) in [5, 5.41) is 0. The zero-order valence-corrected chi connectivity index (χ0v) is 14.1. The second-order valence-corrected chi connectivity index (χ2v) is 6.06. The van der Waals surface area contributed by atoms with E-state index in [-0.39, 0.29) is 0 Å². The average molecular weight is 354 g/mol. The molecule has 0 N–H and O–H groups in total. The van der Waals surface area contributed by atoms with Gasteiger partial charge in [0.2, 0.25) is 0 Å². The maximum Gasteiger partial charge on any atom is 0.145 e. The van der Waals surface area contributed by atoms with E-state index in [9.17, 15) is 0 Å². The highest BCUT2D eigenvalue weighted by Gasteiger charge is 2.06. The van der Waals surface area contributed by atoms with Crippen molar-refractivity contribution in [3.63, 3.8) is 0 Å². The number of aryl methyl sites for hydroxylation is 2. The molecule has 0 saturated carbocycles. The molecule has 0 bridgehead atoms. The van der Waals surface area contributed by atoms with Gasteiger partial charge in [-0.25, -0.2) is 0 Å². The van der Waals surface area contributed by atoms with Crippen molar-refractivity contribution in [3.05, 3.63) is 76.0 Å². The highest BCUT2D eigenvalue weighted by atomic mass is 79.9. The van der Waals surface area contributed by atoms with Crippen LogP contribution in [-0.4, -0.2) is 6.21 Å². The number of aliphatic imine (C=N–C) groups is 1. The molecule has 3 heteroatoms. The monoisotopic (exact) mass is 353 g/mol. The number of furan rings is 1. The lowest BCUT2D eigenvalue weighted by Crippen LogP contribution is -1.80. The molecule has 3 rings (SSSR count). The van der Waals surface area contributed by atoms with Gasteiger partial charge in [-0.05, 0) is 55.3 Å². The van der Waals surface area contributed by atoms with Crippen LogP contribution in [0.3, 0.4) is 0 Å². The molecule has 0 saturated heterocycles. The molecule has 0 atom stereocenters. The summed E-state index contributed by atoms with van der Waals surface area (Å²) in [7, 11) is 0. The summed E-state index contributed by atoms with van der Waals surface area (Å²) in [4.78, 5) is 4.48. The fourth-order valence-electron chi connectivity index (χ4n) is 2.17. The van der Waals surface area contributed by atoms with Gasteiger partial charge in [-0.15, -0.1) is 0 Å². The zero-order valence-electron chi connectivity index (χ0n) is 12.5. The van der Waals surface area contributed by atoms with Crippen LogP contribution in [-0.2, 0) is 0 Å². The van der Waals surface area contributed by atoms with Crippen LogP contribution in [0.1, 0.15) is 16.9 Å². The van der Waals surface area contributed by atoms with E-state index in [1.807, 2.05) is 42.5 Å². The van der Waals surface area contributed by atoms with Crippen molar-refractivity contribution in [1.29, 1.82) is 0 Å². The summed E-state index contributed by atoms with van der Waals surface area (Å²) in [6.45, 7) is 4.19. The van der Waals surface area contributed by atoms with E-state index in [4.69, 9.17) is 4.42 Å². The van der Waals surface area contributed by atoms with Crippen LogP contribution in [0.15, 0.2) is 68.5 Å². The first-order valence-corrected chi connectivity index (χ1v) is 7.89. The van der Waals surface area contributed by atoms with Crippen molar-refractivity contribution in [2.45, 2.75) is 13.8 Å². The summed E-state index contributed by atoms with van der Waals surface area (Å²) < 4.78 is 6.86. The first-order chi connectivity index (χ1) is 10.6. The molecule has 1 heterocycles. The van der Waals surface area contributed by atoms with Crippen LogP contribution in [0.5, 0.6) is 0 Å². The maximum atomic E-state index is 5.85. The minimum absolute atomic E-state index is 0.740. The Balaban J connectivity index is 1.84. The Labute approximate surface area is 138 Å². The number of rotatable bonds is 3. The highest BCUT2D eigenvalue weighted by molar-refractivity contribution is 9.10. The third-order valence-corrected chi connectivity index (χ3v) is 4.29. The van der Waals surface area contributed by atoms with E-state index in [0.29, 0.717) is 0 Å². The van der Waals surface area contributed by atoms with Crippen molar-refractivity contribution < 1.29 is 4.42 Å². The van der Waals surface area contributed by atoms with Gasteiger partial charge in [-0.3, -0.25) is 4.99 Å². The van der Waals surface area contributed by atoms with Crippen molar-refractivity contribution in [2.75, 3.05) is 0 Å². The van der Waals surface area contributed by atoms with Gasteiger partial charge in [-0.1, -0.05) is 40.2 Å². The molecule has 2 aromatic carbocycles. The molecule has 1 aromatic heterocycles. The molecule has 22 heavy (non-hydrogen) atoms. The van der Waals surface area contributed by atoms with Gasteiger partial charge < -0.3 is 4.42 Å². The second kappa shape index (κ2) is 6.32. The Morgan fingerprint density at radius 2 is 1.77 bits per heavy atom. The Kier molecular flexibility index (Phi) is 4.25. The van der Waals surface area contributed by atoms with Crippen molar-refractivity contribution in [3.8, 4) is 11.3 Å². The van der Waals surface area contributed by atoms with Crippen LogP contribution in [0.2, 0.25) is 0 Å². The standard InChI is InChI=1S/C19H16BrNO/c1-13-7-8-15(11-14(13)2)21-12-16-9-10-19(22-16)17-5-3-4-6-18(17)20/h3-12H,1-2H3. The minimum Gasteiger partial charge on any atom is -0.455 e. The lowest BCUT2D eigenvalue weighted by molar-refractivity contribution is 0.575. The largest absolute Gasteiger partial charge is 0.455 e. The third kappa shape index (κ3) is 3.20. The van der Waals surface area contributed by atoms with Crippen molar-refractivity contribution in [2.24, 2.45) is 4.99 Å². The van der Waals surface area contributed by atoms with Crippen LogP contribution < -0.4 is 0 Å². The van der Waals surface area contributed by atoms with Gasteiger partial charge in [0.05, 0.1) is 11.9 Å². The van der Waals surface area contributed by atoms with Gasteiger partial charge in [0.1, 0.15) is 11.5 Å². The molecule has 0 radical (unpaired) electrons. The number of benzene rings is 2. The topological polar surface area (TPSA) is 25.5 Å². The molecule has 0 aliphatic carbocycles. The van der Waals surface area contributed by atoms with Crippen LogP contribution in [0, 0.1) is 13.8 Å². The van der Waals surface area contributed by atoms with E-state index < -0.39 is 0 Å². The molecule has 3 aromatic rings. The molecule has 110 valence electrons. The van der Waals surface area contributed by atoms with E-state index in [1.54, 1.807) is 6.21 Å². The fraction of sp³-hybridized carbons (Fsp3) is 0.105. The predicted octanol–water partition coefficient (Wildman–Crippen LogP) is 6.08. The van der Waals surface area contributed by atoms with Crippen molar-refractivity contribution in [1.82, 2.24) is 0 Å². The van der Waals surface area contributed by atoms with Crippen LogP contribution >= 0.6 is 15.9 Å². The summed E-state index contributed by atoms with van der Waals surface area (Å²) in [6, 6.07) is 18.1. The lowest BCUT2D eigenvalue weighted by Gasteiger charge is -2.00. The molecule has 0 fully saturated rings. The molecule has 0 aliphatic rings. The Hall–Kier alpha value is -2.13. The second-order valence-electron chi connectivity index (χ2n) is 5.21. The number of hydrogen-bond acceptors (Lipinski definition) is 2. The van der Waals surface area contributed by atoms with Crippen LogP contribution in [0.25, 0.3) is 11.3 Å². The van der Waals surface area contributed by atoms with E-state index in [2.05, 4.69) is 46.9 Å². The summed E-state index contributed by atoms with van der Waals surface area (Å²) in [6.07, 6.45) is 1.75. The SMILES string of the molecule is Cc1ccc(N=Cc2ccc(-c3ccccc3Br)o2)cc1C. The maximum absolute atomic E-state index is 5.85. The van der Waals surface area contributed by atoms with E-state index >= 15 is 0 Å². The first kappa shape index (κ1) is 14.8. The molecule has 0 aliphatic heterocycles. The number of halogens is 1. The molecule has 0 spiro atoms. The summed E-state index contributed by atoms with van der Waals surface area (Å²) >= 11 is 3.54. The molecule has 2 nitrogen and oxygen atoms in total. The van der Waals surface area contributed by atoms with Gasteiger partial charge in [-0.2, -0.15) is 0 Å². The highest BCUT2D eigenvalue weighted by Crippen LogP contribution is 2.29. The Bertz CT molecular complexity index is 833. The van der Waals surface area contributed by atoms with Crippen molar-refractivity contribution >= 4 is 27.8 Å². The van der Waals surface area contributed by atoms with Gasteiger partial charge >= 0.3 is 0 Å². The lowest BCUT2D eigenvalue weighted by atomic mass is 10.1. The average Bonchev–Trinajstić information content (AvgIpc) is 2.98. The summed E-state index contributed by atoms with van der Waals surface area (Å²) in [5.41, 5.74) is 4.48. The number of hydrogen-bond donors (Lipinski definition) is 0. The van der Waals surface area contributed by atoms with Gasteiger partial charge in [0.15, 0.2) is 0 Å².